The fourth-order valence-corrected chi connectivity index (χ4v) is 4.47. The molecule has 0 saturated carbocycles. The molecule has 2 heterocycles. The molecule has 0 unspecified atom stereocenters. The van der Waals surface area contributed by atoms with Gasteiger partial charge in [-0.25, -0.2) is 18.7 Å². The lowest BCUT2D eigenvalue weighted by Crippen LogP contribution is -2.55. The summed E-state index contributed by atoms with van der Waals surface area (Å²) in [5.41, 5.74) is -0.733. The highest BCUT2D eigenvalue weighted by atomic mass is 127. The van der Waals surface area contributed by atoms with Crippen LogP contribution in [0.4, 0.5) is 22.0 Å². The van der Waals surface area contributed by atoms with Crippen LogP contribution in [-0.4, -0.2) is 39.3 Å². The van der Waals surface area contributed by atoms with Crippen LogP contribution in [0.1, 0.15) is 41.5 Å². The third-order valence-electron chi connectivity index (χ3n) is 5.20. The average molecular weight is 574 g/mol. The molecular weight excluding hydrogens is 556 g/mol. The van der Waals surface area contributed by atoms with Crippen molar-refractivity contribution < 1.29 is 26.7 Å². The Balaban J connectivity index is 1.82. The summed E-state index contributed by atoms with van der Waals surface area (Å²) in [6.45, 7) is 0.895. The first-order chi connectivity index (χ1) is 14.4. The third kappa shape index (κ3) is 5.82. The van der Waals surface area contributed by atoms with Crippen LogP contribution in [0, 0.1) is 9.49 Å². The predicted octanol–water partition coefficient (Wildman–Crippen LogP) is 5.87. The van der Waals surface area contributed by atoms with Crippen molar-refractivity contribution in [1.82, 2.24) is 14.9 Å². The van der Waals surface area contributed by atoms with Crippen LogP contribution in [0.25, 0.3) is 0 Å². The van der Waals surface area contributed by atoms with Crippen molar-refractivity contribution >= 4 is 40.1 Å². The summed E-state index contributed by atoms with van der Waals surface area (Å²) in [6, 6.07) is 4.13. The van der Waals surface area contributed by atoms with Crippen molar-refractivity contribution in [1.29, 1.82) is 0 Å². The van der Waals surface area contributed by atoms with E-state index < -0.39 is 42.1 Å². The Hall–Kier alpha value is -1.56. The lowest BCUT2D eigenvalue weighted by molar-refractivity contribution is -0.138. The topological polar surface area (TPSA) is 46.1 Å². The largest absolute Gasteiger partial charge is 0.419 e. The van der Waals surface area contributed by atoms with Gasteiger partial charge in [0.2, 0.25) is 0 Å². The second-order valence-corrected chi connectivity index (χ2v) is 9.18. The van der Waals surface area contributed by atoms with Crippen LogP contribution in [0.2, 0.25) is 5.02 Å². The van der Waals surface area contributed by atoms with Crippen molar-refractivity contribution in [3.63, 3.8) is 0 Å². The first kappa shape index (κ1) is 24.1. The Labute approximate surface area is 194 Å². The second kappa shape index (κ2) is 9.13. The minimum Gasteiger partial charge on any atom is -0.329 e. The number of aryl methyl sites for hydroxylation is 1. The standard InChI is InChI=1S/C20H18ClF5IN3O/c1-11-7-19(22,23)10-30(18(31)14-6-13(21)2-3-15(14)27)16(11)4-5-17-28-8-12(9-29-17)20(24,25)26/h2-3,6,8-9,11,16H,4-5,7,10H2,1H3/t11-,16-/m1/s1. The molecular formula is C20H18ClF5IN3O. The Kier molecular flexibility index (Phi) is 7.09. The van der Waals surface area contributed by atoms with Gasteiger partial charge in [-0.15, -0.1) is 0 Å². The van der Waals surface area contributed by atoms with E-state index in [4.69, 9.17) is 11.6 Å². The molecule has 1 saturated heterocycles. The maximum absolute atomic E-state index is 14.3. The number of hydrogen-bond acceptors (Lipinski definition) is 3. The minimum atomic E-state index is -4.54. The number of alkyl halides is 5. The first-order valence-corrected chi connectivity index (χ1v) is 10.8. The van der Waals surface area contributed by atoms with Gasteiger partial charge in [0, 0.05) is 39.9 Å². The van der Waals surface area contributed by atoms with E-state index in [0.29, 0.717) is 21.0 Å². The Morgan fingerprint density at radius 2 is 1.94 bits per heavy atom. The maximum Gasteiger partial charge on any atom is 0.419 e. The molecule has 1 aromatic heterocycles. The molecule has 0 radical (unpaired) electrons. The van der Waals surface area contributed by atoms with E-state index in [1.807, 2.05) is 22.6 Å². The molecule has 2 atom stereocenters. The molecule has 1 amide bonds. The quantitative estimate of drug-likeness (QED) is 0.340. The van der Waals surface area contributed by atoms with Crippen LogP contribution in [0.3, 0.4) is 0 Å². The number of hydrogen-bond donors (Lipinski definition) is 0. The fraction of sp³-hybridized carbons (Fsp3) is 0.450. The van der Waals surface area contributed by atoms with Crippen LogP contribution in [0.5, 0.6) is 0 Å². The van der Waals surface area contributed by atoms with Gasteiger partial charge in [-0.2, -0.15) is 13.2 Å². The summed E-state index contributed by atoms with van der Waals surface area (Å²) in [4.78, 5) is 21.8. The Bertz CT molecular complexity index is 955. The summed E-state index contributed by atoms with van der Waals surface area (Å²) >= 11 is 7.93. The monoisotopic (exact) mass is 573 g/mol. The molecule has 1 aliphatic rings. The van der Waals surface area contributed by atoms with E-state index in [1.165, 1.54) is 6.07 Å². The normalized spacial score (nSPS) is 21.2. The van der Waals surface area contributed by atoms with Gasteiger partial charge in [-0.1, -0.05) is 18.5 Å². The lowest BCUT2D eigenvalue weighted by atomic mass is 9.85. The number of piperidine rings is 1. The van der Waals surface area contributed by atoms with Gasteiger partial charge in [0.25, 0.3) is 11.8 Å². The molecule has 1 aromatic carbocycles. The molecule has 11 heteroatoms. The van der Waals surface area contributed by atoms with E-state index in [9.17, 15) is 26.7 Å². The van der Waals surface area contributed by atoms with Crippen molar-refractivity contribution in [2.24, 2.45) is 5.92 Å². The van der Waals surface area contributed by atoms with Crippen LogP contribution in [0.15, 0.2) is 30.6 Å². The zero-order valence-electron chi connectivity index (χ0n) is 16.3. The molecule has 2 aromatic rings. The summed E-state index contributed by atoms with van der Waals surface area (Å²) < 4.78 is 67.2. The molecule has 0 spiro atoms. The third-order valence-corrected chi connectivity index (χ3v) is 6.37. The van der Waals surface area contributed by atoms with Gasteiger partial charge in [0.05, 0.1) is 17.7 Å². The van der Waals surface area contributed by atoms with Crippen LogP contribution < -0.4 is 0 Å². The molecule has 1 fully saturated rings. The Morgan fingerprint density at radius 3 is 2.55 bits per heavy atom. The van der Waals surface area contributed by atoms with Gasteiger partial charge in [0.1, 0.15) is 5.82 Å². The number of amides is 1. The Morgan fingerprint density at radius 1 is 1.29 bits per heavy atom. The summed E-state index contributed by atoms with van der Waals surface area (Å²) in [5.74, 6) is -3.97. The zero-order chi connectivity index (χ0) is 23.0. The van der Waals surface area contributed by atoms with E-state index in [0.717, 1.165) is 4.90 Å². The van der Waals surface area contributed by atoms with E-state index in [2.05, 4.69) is 9.97 Å². The van der Waals surface area contributed by atoms with Gasteiger partial charge in [0.15, 0.2) is 0 Å². The van der Waals surface area contributed by atoms with E-state index in [-0.39, 0.29) is 30.7 Å². The highest BCUT2D eigenvalue weighted by molar-refractivity contribution is 14.1. The molecule has 31 heavy (non-hydrogen) atoms. The smallest absolute Gasteiger partial charge is 0.329 e. The number of likely N-dealkylation sites (tertiary alicyclic amines) is 1. The predicted molar refractivity (Wildman–Crippen MR) is 113 cm³/mol. The number of nitrogens with zero attached hydrogens (tertiary/aromatic N) is 3. The first-order valence-electron chi connectivity index (χ1n) is 9.39. The van der Waals surface area contributed by atoms with E-state index >= 15 is 0 Å². The summed E-state index contributed by atoms with van der Waals surface area (Å²) in [6.07, 6.45) is -3.15. The zero-order valence-corrected chi connectivity index (χ0v) is 19.2. The van der Waals surface area contributed by atoms with Crippen molar-refractivity contribution in [3.8, 4) is 0 Å². The lowest BCUT2D eigenvalue weighted by Gasteiger charge is -2.43. The van der Waals surface area contributed by atoms with Gasteiger partial charge >= 0.3 is 6.18 Å². The molecule has 168 valence electrons. The van der Waals surface area contributed by atoms with Gasteiger partial charge in [-0.05, 0) is 53.1 Å². The molecule has 4 nitrogen and oxygen atoms in total. The minimum absolute atomic E-state index is 0.148. The molecule has 3 rings (SSSR count). The number of halogens is 7. The van der Waals surface area contributed by atoms with Gasteiger partial charge in [-0.3, -0.25) is 4.79 Å². The number of rotatable bonds is 4. The molecule has 1 aliphatic heterocycles. The van der Waals surface area contributed by atoms with Crippen molar-refractivity contribution in [2.75, 3.05) is 6.54 Å². The van der Waals surface area contributed by atoms with Crippen molar-refractivity contribution in [2.45, 2.75) is 44.3 Å². The second-order valence-electron chi connectivity index (χ2n) is 7.59. The molecule has 0 aliphatic carbocycles. The number of carbonyl (C=O) groups excluding carboxylic acids is 1. The number of carbonyl (C=O) groups is 1. The number of benzene rings is 1. The highest BCUT2D eigenvalue weighted by Gasteiger charge is 2.46. The fourth-order valence-electron chi connectivity index (χ4n) is 3.73. The average Bonchev–Trinajstić information content (AvgIpc) is 2.67. The van der Waals surface area contributed by atoms with Crippen LogP contribution >= 0.6 is 34.2 Å². The summed E-state index contributed by atoms with van der Waals surface area (Å²) in [7, 11) is 0. The van der Waals surface area contributed by atoms with E-state index in [1.54, 1.807) is 19.1 Å². The molecule has 0 N–H and O–H groups in total. The summed E-state index contributed by atoms with van der Waals surface area (Å²) in [5, 5.41) is 0.315. The van der Waals surface area contributed by atoms with Gasteiger partial charge < -0.3 is 4.90 Å². The SMILES string of the molecule is C[C@@H]1CC(F)(F)CN(C(=O)c2cc(Cl)ccc2I)[C@@H]1CCc1ncc(C(F)(F)F)cn1. The van der Waals surface area contributed by atoms with Crippen molar-refractivity contribution in [3.05, 3.63) is 56.1 Å². The maximum atomic E-state index is 14.3. The van der Waals surface area contributed by atoms with Crippen LogP contribution in [-0.2, 0) is 12.6 Å². The highest BCUT2D eigenvalue weighted by Crippen LogP contribution is 2.37. The number of aromatic nitrogens is 2. The molecule has 0 bridgehead atoms.